The highest BCUT2D eigenvalue weighted by Gasteiger charge is 2.17. The number of carbonyl (C=O) groups is 2. The Labute approximate surface area is 122 Å². The van der Waals surface area contributed by atoms with Gasteiger partial charge in [0, 0.05) is 30.9 Å². The zero-order chi connectivity index (χ0) is 15.4. The van der Waals surface area contributed by atoms with E-state index in [0.717, 1.165) is 6.42 Å². The van der Waals surface area contributed by atoms with Gasteiger partial charge in [0.15, 0.2) is 5.69 Å². The van der Waals surface area contributed by atoms with Crippen LogP contribution in [0.1, 0.15) is 30.8 Å². The van der Waals surface area contributed by atoms with Gasteiger partial charge in [0.1, 0.15) is 0 Å². The van der Waals surface area contributed by atoms with Crippen LogP contribution in [0.3, 0.4) is 0 Å². The lowest BCUT2D eigenvalue weighted by Crippen LogP contribution is -2.05. The summed E-state index contributed by atoms with van der Waals surface area (Å²) < 4.78 is 1.63. The Balaban J connectivity index is 2.45. The molecule has 0 spiro atoms. The van der Waals surface area contributed by atoms with Gasteiger partial charge in [0.05, 0.1) is 0 Å². The molecular weight excluding hydrogens is 270 g/mol. The molecule has 6 heteroatoms. The molecule has 2 aromatic rings. The number of aromatic nitrogens is 2. The summed E-state index contributed by atoms with van der Waals surface area (Å²) >= 11 is 0. The molecule has 6 nitrogen and oxygen atoms in total. The molecule has 0 saturated heterocycles. The van der Waals surface area contributed by atoms with E-state index in [0.29, 0.717) is 23.4 Å². The summed E-state index contributed by atoms with van der Waals surface area (Å²) in [7, 11) is 0. The number of nitrogens with one attached hydrogen (secondary N) is 1. The number of carboxylic acids is 1. The molecule has 2 rings (SSSR count). The van der Waals surface area contributed by atoms with Gasteiger partial charge in [-0.3, -0.25) is 9.48 Å². The molecule has 0 aliphatic rings. The highest BCUT2D eigenvalue weighted by Crippen LogP contribution is 2.26. The van der Waals surface area contributed by atoms with E-state index in [1.807, 2.05) is 6.92 Å². The van der Waals surface area contributed by atoms with Crippen molar-refractivity contribution in [3.8, 4) is 11.1 Å². The van der Waals surface area contributed by atoms with E-state index in [-0.39, 0.29) is 11.6 Å². The first-order valence-electron chi connectivity index (χ1n) is 6.70. The normalized spacial score (nSPS) is 10.4. The topological polar surface area (TPSA) is 84.2 Å². The Morgan fingerprint density at radius 3 is 2.76 bits per heavy atom. The van der Waals surface area contributed by atoms with Crippen molar-refractivity contribution in [1.82, 2.24) is 9.78 Å². The van der Waals surface area contributed by atoms with Crippen molar-refractivity contribution in [2.75, 3.05) is 5.32 Å². The van der Waals surface area contributed by atoms with E-state index in [9.17, 15) is 14.7 Å². The fourth-order valence-electron chi connectivity index (χ4n) is 2.10. The summed E-state index contributed by atoms with van der Waals surface area (Å²) in [6.45, 7) is 4.08. The number of hydrogen-bond donors (Lipinski definition) is 2. The van der Waals surface area contributed by atoms with Crippen molar-refractivity contribution in [2.45, 2.75) is 26.8 Å². The summed E-state index contributed by atoms with van der Waals surface area (Å²) in [5.41, 5.74) is 1.90. The minimum Gasteiger partial charge on any atom is -0.476 e. The number of anilines is 1. The fraction of sp³-hybridized carbons (Fsp3) is 0.267. The Hall–Kier alpha value is -2.63. The standard InChI is InChI=1S/C15H17N3O3/c1-3-7-18-9-13(14(17-18)15(20)21)11-5-4-6-12(8-11)16-10(2)19/h4-6,8-9H,3,7H2,1-2H3,(H,16,19)(H,20,21). The molecular formula is C15H17N3O3. The Kier molecular flexibility index (Phi) is 4.37. The molecule has 0 unspecified atom stereocenters. The van der Waals surface area contributed by atoms with Crippen LogP contribution in [0, 0.1) is 0 Å². The van der Waals surface area contributed by atoms with Crippen LogP contribution < -0.4 is 5.32 Å². The van der Waals surface area contributed by atoms with Crippen molar-refractivity contribution in [3.05, 3.63) is 36.2 Å². The van der Waals surface area contributed by atoms with Gasteiger partial charge in [-0.05, 0) is 24.1 Å². The molecule has 110 valence electrons. The number of aromatic carboxylic acids is 1. The Morgan fingerprint density at radius 1 is 1.38 bits per heavy atom. The maximum absolute atomic E-state index is 11.3. The van der Waals surface area contributed by atoms with Gasteiger partial charge in [-0.1, -0.05) is 19.1 Å². The lowest BCUT2D eigenvalue weighted by atomic mass is 10.1. The van der Waals surface area contributed by atoms with Gasteiger partial charge in [0.2, 0.25) is 5.91 Å². The van der Waals surface area contributed by atoms with E-state index in [1.165, 1.54) is 6.92 Å². The van der Waals surface area contributed by atoms with Gasteiger partial charge >= 0.3 is 5.97 Å². The summed E-state index contributed by atoms with van der Waals surface area (Å²) in [6, 6.07) is 7.05. The summed E-state index contributed by atoms with van der Waals surface area (Å²) in [6.07, 6.45) is 2.59. The van der Waals surface area contributed by atoms with Crippen molar-refractivity contribution in [3.63, 3.8) is 0 Å². The summed E-state index contributed by atoms with van der Waals surface area (Å²) in [4.78, 5) is 22.4. The number of amides is 1. The van der Waals surface area contributed by atoms with Crippen LogP contribution in [-0.2, 0) is 11.3 Å². The monoisotopic (exact) mass is 287 g/mol. The van der Waals surface area contributed by atoms with Crippen LogP contribution in [-0.4, -0.2) is 26.8 Å². The first-order chi connectivity index (χ1) is 10.0. The quantitative estimate of drug-likeness (QED) is 0.885. The molecule has 0 atom stereocenters. The van der Waals surface area contributed by atoms with Crippen LogP contribution in [0.5, 0.6) is 0 Å². The van der Waals surface area contributed by atoms with Crippen molar-refractivity contribution < 1.29 is 14.7 Å². The van der Waals surface area contributed by atoms with Crippen molar-refractivity contribution >= 4 is 17.6 Å². The maximum Gasteiger partial charge on any atom is 0.357 e. The predicted molar refractivity (Wildman–Crippen MR) is 79.2 cm³/mol. The highest BCUT2D eigenvalue weighted by molar-refractivity contribution is 5.95. The number of nitrogens with zero attached hydrogens (tertiary/aromatic N) is 2. The van der Waals surface area contributed by atoms with E-state index in [2.05, 4.69) is 10.4 Å². The van der Waals surface area contributed by atoms with Gasteiger partial charge in [-0.2, -0.15) is 5.10 Å². The van der Waals surface area contributed by atoms with Crippen LogP contribution >= 0.6 is 0 Å². The molecule has 1 aromatic heterocycles. The third-order valence-corrected chi connectivity index (χ3v) is 2.91. The maximum atomic E-state index is 11.3. The molecule has 0 bridgehead atoms. The van der Waals surface area contributed by atoms with Gasteiger partial charge in [-0.25, -0.2) is 4.79 Å². The van der Waals surface area contributed by atoms with E-state index in [4.69, 9.17) is 0 Å². The Bertz CT molecular complexity index is 677. The Morgan fingerprint density at radius 2 is 2.14 bits per heavy atom. The predicted octanol–water partition coefficient (Wildman–Crippen LogP) is 2.62. The average Bonchev–Trinajstić information content (AvgIpc) is 2.83. The molecule has 21 heavy (non-hydrogen) atoms. The summed E-state index contributed by atoms with van der Waals surface area (Å²) in [5.74, 6) is -1.24. The zero-order valence-electron chi connectivity index (χ0n) is 12.0. The van der Waals surface area contributed by atoms with Gasteiger partial charge < -0.3 is 10.4 Å². The van der Waals surface area contributed by atoms with Gasteiger partial charge in [0.25, 0.3) is 0 Å². The second kappa shape index (κ2) is 6.21. The second-order valence-corrected chi connectivity index (χ2v) is 4.72. The first-order valence-corrected chi connectivity index (χ1v) is 6.70. The van der Waals surface area contributed by atoms with Crippen LogP contribution in [0.25, 0.3) is 11.1 Å². The third-order valence-electron chi connectivity index (χ3n) is 2.91. The van der Waals surface area contributed by atoms with Gasteiger partial charge in [-0.15, -0.1) is 0 Å². The molecule has 1 aromatic carbocycles. The minimum absolute atomic E-state index is 0.0171. The molecule has 0 aliphatic carbocycles. The van der Waals surface area contributed by atoms with Crippen molar-refractivity contribution in [1.29, 1.82) is 0 Å². The fourth-order valence-corrected chi connectivity index (χ4v) is 2.10. The highest BCUT2D eigenvalue weighted by atomic mass is 16.4. The van der Waals surface area contributed by atoms with E-state index in [1.54, 1.807) is 35.1 Å². The molecule has 1 amide bonds. The molecule has 1 heterocycles. The number of carbonyl (C=O) groups excluding carboxylic acids is 1. The van der Waals surface area contributed by atoms with Crippen LogP contribution in [0.15, 0.2) is 30.5 Å². The lowest BCUT2D eigenvalue weighted by molar-refractivity contribution is -0.114. The third kappa shape index (κ3) is 3.47. The number of aryl methyl sites for hydroxylation is 1. The largest absolute Gasteiger partial charge is 0.476 e. The molecule has 2 N–H and O–H groups in total. The lowest BCUT2D eigenvalue weighted by Gasteiger charge is -2.05. The summed E-state index contributed by atoms with van der Waals surface area (Å²) in [5, 5.41) is 16.1. The smallest absolute Gasteiger partial charge is 0.357 e. The first kappa shape index (κ1) is 14.8. The number of benzene rings is 1. The molecule has 0 aliphatic heterocycles. The van der Waals surface area contributed by atoms with E-state index < -0.39 is 5.97 Å². The number of carboxylic acid groups (broad SMARTS) is 1. The average molecular weight is 287 g/mol. The van der Waals surface area contributed by atoms with E-state index >= 15 is 0 Å². The second-order valence-electron chi connectivity index (χ2n) is 4.72. The number of rotatable bonds is 5. The van der Waals surface area contributed by atoms with Crippen LogP contribution in [0.4, 0.5) is 5.69 Å². The molecule has 0 radical (unpaired) electrons. The molecule has 0 fully saturated rings. The van der Waals surface area contributed by atoms with Crippen LogP contribution in [0.2, 0.25) is 0 Å². The molecule has 0 saturated carbocycles. The SMILES string of the molecule is CCCn1cc(-c2cccc(NC(C)=O)c2)c(C(=O)O)n1. The minimum atomic E-state index is -1.07. The van der Waals surface area contributed by atoms with Crippen molar-refractivity contribution in [2.24, 2.45) is 0 Å². The zero-order valence-corrected chi connectivity index (χ0v) is 12.0. The number of hydrogen-bond acceptors (Lipinski definition) is 3.